The molecule has 1 aromatic carbocycles. The highest BCUT2D eigenvalue weighted by atomic mass is 35.5. The number of para-hydroxylation sites is 1. The highest BCUT2D eigenvalue weighted by Gasteiger charge is 2.37. The van der Waals surface area contributed by atoms with Crippen LogP contribution >= 0.6 is 11.6 Å². The van der Waals surface area contributed by atoms with Crippen molar-refractivity contribution in [3.63, 3.8) is 0 Å². The van der Waals surface area contributed by atoms with Gasteiger partial charge >= 0.3 is 5.97 Å². The van der Waals surface area contributed by atoms with Crippen molar-refractivity contribution in [3.05, 3.63) is 29.3 Å². The van der Waals surface area contributed by atoms with Crippen LogP contribution in [0.1, 0.15) is 6.42 Å². The summed E-state index contributed by atoms with van der Waals surface area (Å²) in [6, 6.07) is 5.72. The standard InChI is InChI=1S/C15H17ClN2O5/c1-23-8-11(15(21)22)17-14(20)9-6-13(19)18(7-9)12-5-3-2-4-10(12)16/h2-5,9,11H,6-8H2,1H3,(H,17,20)(H,21,22). The number of hydrogen-bond acceptors (Lipinski definition) is 4. The molecule has 1 saturated heterocycles. The maximum Gasteiger partial charge on any atom is 0.328 e. The third-order valence-electron chi connectivity index (χ3n) is 3.59. The summed E-state index contributed by atoms with van der Waals surface area (Å²) in [6.45, 7) is 0.0175. The fourth-order valence-electron chi connectivity index (χ4n) is 2.42. The van der Waals surface area contributed by atoms with Gasteiger partial charge in [0.05, 0.1) is 23.2 Å². The van der Waals surface area contributed by atoms with E-state index in [-0.39, 0.29) is 25.5 Å². The van der Waals surface area contributed by atoms with Crippen LogP contribution in [0.15, 0.2) is 24.3 Å². The van der Waals surface area contributed by atoms with E-state index < -0.39 is 23.8 Å². The Bertz CT molecular complexity index is 622. The molecule has 0 saturated carbocycles. The van der Waals surface area contributed by atoms with Crippen LogP contribution in [0.3, 0.4) is 0 Å². The number of halogens is 1. The second kappa shape index (κ2) is 7.43. The lowest BCUT2D eigenvalue weighted by Gasteiger charge is -2.19. The first-order valence-corrected chi connectivity index (χ1v) is 7.38. The Kier molecular flexibility index (Phi) is 5.57. The second-order valence-corrected chi connectivity index (χ2v) is 5.62. The van der Waals surface area contributed by atoms with Crippen LogP contribution in [-0.4, -0.2) is 49.2 Å². The molecule has 0 aromatic heterocycles. The van der Waals surface area contributed by atoms with Gasteiger partial charge in [-0.2, -0.15) is 0 Å². The number of carboxylic acids is 1. The molecule has 2 atom stereocenters. The molecule has 1 aliphatic heterocycles. The number of nitrogens with one attached hydrogen (secondary N) is 1. The number of carbonyl (C=O) groups excluding carboxylic acids is 2. The van der Waals surface area contributed by atoms with Gasteiger partial charge in [0.25, 0.3) is 0 Å². The van der Waals surface area contributed by atoms with Crippen LogP contribution in [0.5, 0.6) is 0 Å². The fraction of sp³-hybridized carbons (Fsp3) is 0.400. The van der Waals surface area contributed by atoms with Crippen molar-refractivity contribution in [2.75, 3.05) is 25.2 Å². The fourth-order valence-corrected chi connectivity index (χ4v) is 2.66. The van der Waals surface area contributed by atoms with Crippen LogP contribution < -0.4 is 10.2 Å². The van der Waals surface area contributed by atoms with Crippen molar-refractivity contribution >= 4 is 35.1 Å². The van der Waals surface area contributed by atoms with Crippen molar-refractivity contribution in [1.29, 1.82) is 0 Å². The van der Waals surface area contributed by atoms with Gasteiger partial charge in [0.15, 0.2) is 6.04 Å². The first-order valence-electron chi connectivity index (χ1n) is 7.01. The van der Waals surface area contributed by atoms with E-state index in [1.807, 2.05) is 0 Å². The van der Waals surface area contributed by atoms with Crippen LogP contribution in [0, 0.1) is 5.92 Å². The van der Waals surface area contributed by atoms with Gasteiger partial charge < -0.3 is 20.1 Å². The molecule has 0 radical (unpaired) electrons. The van der Waals surface area contributed by atoms with E-state index in [0.29, 0.717) is 10.7 Å². The zero-order chi connectivity index (χ0) is 17.0. The van der Waals surface area contributed by atoms with Crippen molar-refractivity contribution in [3.8, 4) is 0 Å². The van der Waals surface area contributed by atoms with Gasteiger partial charge in [0.2, 0.25) is 11.8 Å². The number of ether oxygens (including phenoxy) is 1. The molecule has 1 fully saturated rings. The Morgan fingerprint density at radius 1 is 1.48 bits per heavy atom. The molecule has 2 unspecified atom stereocenters. The first-order chi connectivity index (χ1) is 10.9. The normalized spacial score (nSPS) is 18.8. The first kappa shape index (κ1) is 17.2. The number of carboxylic acid groups (broad SMARTS) is 1. The van der Waals surface area contributed by atoms with Gasteiger partial charge in [0.1, 0.15) is 0 Å². The maximum absolute atomic E-state index is 12.2. The van der Waals surface area contributed by atoms with E-state index >= 15 is 0 Å². The van der Waals surface area contributed by atoms with E-state index in [1.54, 1.807) is 24.3 Å². The van der Waals surface area contributed by atoms with Crippen molar-refractivity contribution in [2.24, 2.45) is 5.92 Å². The van der Waals surface area contributed by atoms with E-state index in [2.05, 4.69) is 5.32 Å². The molecule has 2 N–H and O–H groups in total. The third-order valence-corrected chi connectivity index (χ3v) is 3.91. The molecule has 0 aliphatic carbocycles. The molecule has 0 bridgehead atoms. The Morgan fingerprint density at radius 2 is 2.17 bits per heavy atom. The van der Waals surface area contributed by atoms with Gasteiger partial charge in [0, 0.05) is 20.1 Å². The Hall–Kier alpha value is -2.12. The quantitative estimate of drug-likeness (QED) is 0.802. The van der Waals surface area contributed by atoms with Crippen LogP contribution in [0.4, 0.5) is 5.69 Å². The number of nitrogens with zero attached hydrogens (tertiary/aromatic N) is 1. The van der Waals surface area contributed by atoms with Gasteiger partial charge in [-0.3, -0.25) is 9.59 Å². The molecule has 1 aliphatic rings. The summed E-state index contributed by atoms with van der Waals surface area (Å²) in [6.07, 6.45) is 0.0103. The number of anilines is 1. The third kappa shape index (κ3) is 4.00. The van der Waals surface area contributed by atoms with Crippen LogP contribution in [0.25, 0.3) is 0 Å². The molecular weight excluding hydrogens is 324 g/mol. The molecule has 0 spiro atoms. The Balaban J connectivity index is 2.06. The summed E-state index contributed by atoms with van der Waals surface area (Å²) in [5, 5.41) is 11.8. The summed E-state index contributed by atoms with van der Waals surface area (Å²) in [4.78, 5) is 36.8. The summed E-state index contributed by atoms with van der Waals surface area (Å²) in [7, 11) is 1.35. The maximum atomic E-state index is 12.2. The monoisotopic (exact) mass is 340 g/mol. The van der Waals surface area contributed by atoms with E-state index in [1.165, 1.54) is 12.0 Å². The average molecular weight is 341 g/mol. The van der Waals surface area contributed by atoms with Gasteiger partial charge in [-0.15, -0.1) is 0 Å². The highest BCUT2D eigenvalue weighted by Crippen LogP contribution is 2.31. The lowest BCUT2D eigenvalue weighted by molar-refractivity contribution is -0.143. The number of rotatable bonds is 6. The van der Waals surface area contributed by atoms with Crippen LogP contribution in [0.2, 0.25) is 5.02 Å². The molecular formula is C15H17ClN2O5. The predicted octanol–water partition coefficient (Wildman–Crippen LogP) is 0.909. The van der Waals surface area contributed by atoms with Crippen molar-refractivity contribution < 1.29 is 24.2 Å². The van der Waals surface area contributed by atoms with E-state index in [9.17, 15) is 14.4 Å². The lowest BCUT2D eigenvalue weighted by atomic mass is 10.1. The number of aliphatic carboxylic acids is 1. The smallest absolute Gasteiger partial charge is 0.328 e. The Morgan fingerprint density at radius 3 is 2.78 bits per heavy atom. The summed E-state index contributed by atoms with van der Waals surface area (Å²) >= 11 is 6.08. The average Bonchev–Trinajstić information content (AvgIpc) is 2.89. The lowest BCUT2D eigenvalue weighted by Crippen LogP contribution is -2.46. The molecule has 7 nitrogen and oxygen atoms in total. The number of amides is 2. The minimum Gasteiger partial charge on any atom is -0.480 e. The SMILES string of the molecule is COCC(NC(=O)C1CC(=O)N(c2ccccc2Cl)C1)C(=O)O. The van der Waals surface area contributed by atoms with E-state index in [4.69, 9.17) is 21.4 Å². The predicted molar refractivity (Wildman–Crippen MR) is 83.4 cm³/mol. The number of hydrogen-bond donors (Lipinski definition) is 2. The topological polar surface area (TPSA) is 95.9 Å². The number of methoxy groups -OCH3 is 1. The second-order valence-electron chi connectivity index (χ2n) is 5.21. The molecule has 2 rings (SSSR count). The summed E-state index contributed by atoms with van der Waals surface area (Å²) in [5.74, 6) is -2.53. The molecule has 124 valence electrons. The zero-order valence-corrected chi connectivity index (χ0v) is 13.2. The van der Waals surface area contributed by atoms with Crippen molar-refractivity contribution in [2.45, 2.75) is 12.5 Å². The molecule has 1 aromatic rings. The molecule has 2 amide bonds. The zero-order valence-electron chi connectivity index (χ0n) is 12.5. The molecule has 8 heteroatoms. The number of carbonyl (C=O) groups is 3. The molecule has 23 heavy (non-hydrogen) atoms. The molecule has 1 heterocycles. The minimum absolute atomic E-state index is 0.0103. The Labute approximate surface area is 138 Å². The van der Waals surface area contributed by atoms with E-state index in [0.717, 1.165) is 0 Å². The summed E-state index contributed by atoms with van der Waals surface area (Å²) in [5.41, 5.74) is 0.543. The highest BCUT2D eigenvalue weighted by molar-refractivity contribution is 6.33. The van der Waals surface area contributed by atoms with Crippen LogP contribution in [-0.2, 0) is 19.1 Å². The van der Waals surface area contributed by atoms with Crippen molar-refractivity contribution in [1.82, 2.24) is 5.32 Å². The van der Waals surface area contributed by atoms with Gasteiger partial charge in [-0.25, -0.2) is 4.79 Å². The largest absolute Gasteiger partial charge is 0.480 e. The summed E-state index contributed by atoms with van der Waals surface area (Å²) < 4.78 is 4.77. The van der Waals surface area contributed by atoms with Gasteiger partial charge in [-0.05, 0) is 12.1 Å². The minimum atomic E-state index is -1.19. The number of benzene rings is 1. The van der Waals surface area contributed by atoms with Gasteiger partial charge in [-0.1, -0.05) is 23.7 Å².